The maximum absolute atomic E-state index is 13.1. The summed E-state index contributed by atoms with van der Waals surface area (Å²) in [5.74, 6) is 0.604. The van der Waals surface area contributed by atoms with E-state index >= 15 is 0 Å². The molecule has 26 heavy (non-hydrogen) atoms. The molecule has 0 atom stereocenters. The molecule has 0 bridgehead atoms. The zero-order valence-corrected chi connectivity index (χ0v) is 12.9. The Morgan fingerprint density at radius 1 is 1.15 bits per heavy atom. The molecule has 0 radical (unpaired) electrons. The summed E-state index contributed by atoms with van der Waals surface area (Å²) in [6.45, 7) is 0.0482. The monoisotopic (exact) mass is 361 g/mol. The van der Waals surface area contributed by atoms with Crippen LogP contribution in [0.1, 0.15) is 11.4 Å². The summed E-state index contributed by atoms with van der Waals surface area (Å²) in [5.41, 5.74) is -0.880. The molecule has 0 aliphatic carbocycles. The van der Waals surface area contributed by atoms with E-state index in [4.69, 9.17) is 0 Å². The molecule has 3 aromatic heterocycles. The molecule has 0 unspecified atom stereocenters. The Morgan fingerprint density at radius 3 is 2.81 bits per heavy atom. The highest BCUT2D eigenvalue weighted by molar-refractivity contribution is 5.83. The number of hydrogen-bond acceptors (Lipinski definition) is 6. The lowest BCUT2D eigenvalue weighted by molar-refractivity contribution is -0.136. The van der Waals surface area contributed by atoms with Crippen molar-refractivity contribution in [3.63, 3.8) is 0 Å². The van der Waals surface area contributed by atoms with Crippen molar-refractivity contribution in [2.24, 2.45) is 0 Å². The lowest BCUT2D eigenvalue weighted by Crippen LogP contribution is -2.18. The average molecular weight is 361 g/mol. The number of halogens is 3. The molecule has 4 rings (SSSR count). The summed E-state index contributed by atoms with van der Waals surface area (Å²) in [4.78, 5) is 33.6. The number of aromatic amines is 2. The zero-order valence-electron chi connectivity index (χ0n) is 12.9. The van der Waals surface area contributed by atoms with Gasteiger partial charge in [0.25, 0.3) is 5.56 Å². The lowest BCUT2D eigenvalue weighted by atomic mass is 10.1. The van der Waals surface area contributed by atoms with Crippen LogP contribution in [0.5, 0.6) is 0 Å². The molecule has 0 spiro atoms. The highest BCUT2D eigenvalue weighted by Gasteiger charge is 2.33. The van der Waals surface area contributed by atoms with E-state index in [1.807, 2.05) is 0 Å². The van der Waals surface area contributed by atoms with E-state index in [0.29, 0.717) is 17.0 Å². The first kappa shape index (κ1) is 16.0. The minimum Gasteiger partial charge on any atom is -0.361 e. The Bertz CT molecular complexity index is 1170. The third-order valence-corrected chi connectivity index (χ3v) is 3.73. The van der Waals surface area contributed by atoms with E-state index in [1.54, 1.807) is 0 Å². The number of benzene rings is 1. The van der Waals surface area contributed by atoms with Crippen molar-refractivity contribution in [1.29, 1.82) is 0 Å². The molecule has 0 amide bonds. The Balaban J connectivity index is 1.70. The highest BCUT2D eigenvalue weighted by atomic mass is 19.4. The van der Waals surface area contributed by atoms with Crippen molar-refractivity contribution in [2.75, 3.05) is 5.32 Å². The molecule has 0 aliphatic rings. The van der Waals surface area contributed by atoms with Crippen molar-refractivity contribution in [2.45, 2.75) is 12.7 Å². The molecular formula is C15H10F3N7O. The van der Waals surface area contributed by atoms with E-state index in [9.17, 15) is 18.0 Å². The van der Waals surface area contributed by atoms with Gasteiger partial charge in [0.05, 0.1) is 29.3 Å². The Morgan fingerprint density at radius 2 is 2.00 bits per heavy atom. The molecule has 0 aliphatic heterocycles. The number of alkyl halides is 3. The summed E-state index contributed by atoms with van der Waals surface area (Å²) in [6.07, 6.45) is -1.86. The van der Waals surface area contributed by atoms with Crippen molar-refractivity contribution >= 4 is 27.9 Å². The van der Waals surface area contributed by atoms with Gasteiger partial charge in [0.1, 0.15) is 17.7 Å². The first-order valence-corrected chi connectivity index (χ1v) is 7.40. The molecule has 132 valence electrons. The number of H-pyrrole nitrogens is 2. The number of nitrogens with zero attached hydrogens (tertiary/aromatic N) is 4. The van der Waals surface area contributed by atoms with Gasteiger partial charge in [0.2, 0.25) is 0 Å². The standard InChI is InChI=1S/C15H10F3N7O/c16-15(17,18)7-2-1-3-8-10(7)14(26)25-9(24-8)4-19-12-11-13(21-5-20-11)23-6-22-12/h1-3,5-6H,4H2,(H,24,25,26)(H2,19,20,21,22,23). The molecule has 1 aromatic carbocycles. The SMILES string of the molecule is O=c1[nH]c(CNc2ncnc3nc[nH]c23)nc2cccc(C(F)(F)F)c12. The Hall–Kier alpha value is -3.50. The zero-order chi connectivity index (χ0) is 18.3. The Labute approximate surface area is 142 Å². The molecule has 8 nitrogen and oxygen atoms in total. The summed E-state index contributed by atoms with van der Waals surface area (Å²) >= 11 is 0. The van der Waals surface area contributed by atoms with E-state index in [2.05, 4.69) is 35.2 Å². The van der Waals surface area contributed by atoms with E-state index < -0.39 is 22.7 Å². The Kier molecular flexibility index (Phi) is 3.56. The van der Waals surface area contributed by atoms with Gasteiger partial charge in [0, 0.05) is 0 Å². The topological polar surface area (TPSA) is 112 Å². The average Bonchev–Trinajstić information content (AvgIpc) is 3.08. The molecular weight excluding hydrogens is 351 g/mol. The molecule has 4 aromatic rings. The van der Waals surface area contributed by atoms with Gasteiger partial charge in [-0.1, -0.05) is 6.07 Å². The number of fused-ring (bicyclic) bond motifs is 2. The first-order valence-electron chi connectivity index (χ1n) is 7.40. The predicted molar refractivity (Wildman–Crippen MR) is 86.4 cm³/mol. The molecule has 3 heterocycles. The van der Waals surface area contributed by atoms with Gasteiger partial charge < -0.3 is 15.3 Å². The highest BCUT2D eigenvalue weighted by Crippen LogP contribution is 2.32. The smallest absolute Gasteiger partial charge is 0.361 e. The summed E-state index contributed by atoms with van der Waals surface area (Å²) in [6, 6.07) is 3.43. The number of aromatic nitrogens is 6. The third-order valence-electron chi connectivity index (χ3n) is 3.73. The van der Waals surface area contributed by atoms with Crippen molar-refractivity contribution in [1.82, 2.24) is 29.9 Å². The van der Waals surface area contributed by atoms with E-state index in [-0.39, 0.29) is 17.9 Å². The normalized spacial score (nSPS) is 12.0. The third kappa shape index (κ3) is 2.72. The number of anilines is 1. The molecule has 3 N–H and O–H groups in total. The van der Waals surface area contributed by atoms with Crippen molar-refractivity contribution < 1.29 is 13.2 Å². The van der Waals surface area contributed by atoms with Crippen LogP contribution >= 0.6 is 0 Å². The number of nitrogens with one attached hydrogen (secondary N) is 3. The molecule has 0 fully saturated rings. The van der Waals surface area contributed by atoms with Crippen LogP contribution in [0.25, 0.3) is 22.1 Å². The fourth-order valence-electron chi connectivity index (χ4n) is 2.63. The van der Waals surface area contributed by atoms with Gasteiger partial charge >= 0.3 is 6.18 Å². The van der Waals surface area contributed by atoms with Gasteiger partial charge in [0.15, 0.2) is 11.5 Å². The van der Waals surface area contributed by atoms with Crippen LogP contribution in [0.2, 0.25) is 0 Å². The summed E-state index contributed by atoms with van der Waals surface area (Å²) in [5, 5.41) is 2.47. The van der Waals surface area contributed by atoms with Crippen LogP contribution in [0.3, 0.4) is 0 Å². The fraction of sp³-hybridized carbons (Fsp3) is 0.133. The van der Waals surface area contributed by atoms with E-state index in [0.717, 1.165) is 6.07 Å². The van der Waals surface area contributed by atoms with Crippen LogP contribution in [-0.2, 0) is 12.7 Å². The van der Waals surface area contributed by atoms with Crippen molar-refractivity contribution in [3.05, 3.63) is 52.6 Å². The molecule has 11 heteroatoms. The minimum atomic E-state index is -4.64. The number of hydrogen-bond donors (Lipinski definition) is 3. The van der Waals surface area contributed by atoms with Crippen LogP contribution < -0.4 is 10.9 Å². The second-order valence-electron chi connectivity index (χ2n) is 5.39. The van der Waals surface area contributed by atoms with E-state index in [1.165, 1.54) is 24.8 Å². The largest absolute Gasteiger partial charge is 0.417 e. The second-order valence-corrected chi connectivity index (χ2v) is 5.39. The quantitative estimate of drug-likeness (QED) is 0.516. The van der Waals surface area contributed by atoms with Crippen LogP contribution in [0, 0.1) is 0 Å². The summed E-state index contributed by atoms with van der Waals surface area (Å²) in [7, 11) is 0. The summed E-state index contributed by atoms with van der Waals surface area (Å²) < 4.78 is 39.2. The lowest BCUT2D eigenvalue weighted by Gasteiger charge is -2.10. The molecule has 0 saturated heterocycles. The van der Waals surface area contributed by atoms with Crippen LogP contribution in [-0.4, -0.2) is 29.9 Å². The molecule has 0 saturated carbocycles. The fourth-order valence-corrected chi connectivity index (χ4v) is 2.63. The predicted octanol–water partition coefficient (Wildman–Crippen LogP) is 2.22. The van der Waals surface area contributed by atoms with Gasteiger partial charge in [-0.2, -0.15) is 13.2 Å². The van der Waals surface area contributed by atoms with Gasteiger partial charge in [-0.3, -0.25) is 4.79 Å². The maximum atomic E-state index is 13.1. The van der Waals surface area contributed by atoms with Gasteiger partial charge in [-0.25, -0.2) is 19.9 Å². The van der Waals surface area contributed by atoms with Gasteiger partial charge in [-0.05, 0) is 12.1 Å². The first-order chi connectivity index (χ1) is 12.4. The van der Waals surface area contributed by atoms with Crippen molar-refractivity contribution in [3.8, 4) is 0 Å². The van der Waals surface area contributed by atoms with Gasteiger partial charge in [-0.15, -0.1) is 0 Å². The minimum absolute atomic E-state index is 0.0326. The van der Waals surface area contributed by atoms with Crippen LogP contribution in [0.4, 0.5) is 19.0 Å². The maximum Gasteiger partial charge on any atom is 0.417 e. The van der Waals surface area contributed by atoms with Crippen LogP contribution in [0.15, 0.2) is 35.6 Å². The second kappa shape index (κ2) is 5.79. The number of imidazole rings is 1. The number of rotatable bonds is 3.